The Hall–Kier alpha value is -2.66. The van der Waals surface area contributed by atoms with Gasteiger partial charge < -0.3 is 10.1 Å². The highest BCUT2D eigenvalue weighted by molar-refractivity contribution is 6.29. The minimum atomic E-state index is -0.396. The molecule has 0 atom stereocenters. The van der Waals surface area contributed by atoms with Crippen LogP contribution in [-0.4, -0.2) is 22.5 Å². The number of halogens is 1. The summed E-state index contributed by atoms with van der Waals surface area (Å²) >= 11 is 5.81. The van der Waals surface area contributed by atoms with E-state index in [1.165, 1.54) is 0 Å². The Kier molecular flexibility index (Phi) is 4.91. The molecule has 0 spiro atoms. The van der Waals surface area contributed by atoms with Gasteiger partial charge in [-0.15, -0.1) is 0 Å². The fourth-order valence-electron chi connectivity index (χ4n) is 2.40. The van der Waals surface area contributed by atoms with Crippen molar-refractivity contribution < 1.29 is 9.53 Å². The van der Waals surface area contributed by atoms with Crippen molar-refractivity contribution in [3.8, 4) is 0 Å². The Morgan fingerprint density at radius 1 is 1.17 bits per heavy atom. The SMILES string of the molecule is CCOC(=O)c1cnc2ccccc2c1NCc1ccc(Cl)nc1. The minimum Gasteiger partial charge on any atom is -0.462 e. The van der Waals surface area contributed by atoms with E-state index < -0.39 is 5.97 Å². The second-order valence-electron chi connectivity index (χ2n) is 5.13. The number of nitrogens with zero attached hydrogens (tertiary/aromatic N) is 2. The van der Waals surface area contributed by atoms with Crippen LogP contribution in [0.1, 0.15) is 22.8 Å². The molecule has 5 nitrogen and oxygen atoms in total. The molecule has 1 aromatic carbocycles. The van der Waals surface area contributed by atoms with Crippen molar-refractivity contribution >= 4 is 34.2 Å². The molecule has 2 aromatic heterocycles. The molecule has 0 bridgehead atoms. The van der Waals surface area contributed by atoms with E-state index in [0.717, 1.165) is 16.5 Å². The standard InChI is InChI=1S/C18H16ClN3O2/c1-2-24-18(23)14-11-20-15-6-4-3-5-13(15)17(14)22-10-12-7-8-16(19)21-9-12/h3-9,11H,2,10H2,1H3,(H,20,22). The molecule has 24 heavy (non-hydrogen) atoms. The lowest BCUT2D eigenvalue weighted by Gasteiger charge is -2.14. The lowest BCUT2D eigenvalue weighted by Crippen LogP contribution is -2.11. The van der Waals surface area contributed by atoms with Crippen LogP contribution in [0.4, 0.5) is 5.69 Å². The quantitative estimate of drug-likeness (QED) is 0.559. The van der Waals surface area contributed by atoms with Gasteiger partial charge in [-0.25, -0.2) is 9.78 Å². The number of benzene rings is 1. The van der Waals surface area contributed by atoms with Gasteiger partial charge in [0.05, 0.1) is 17.8 Å². The highest BCUT2D eigenvalue weighted by atomic mass is 35.5. The third-order valence-corrected chi connectivity index (χ3v) is 3.75. The number of pyridine rings is 2. The number of carbonyl (C=O) groups excluding carboxylic acids is 1. The molecule has 1 N–H and O–H groups in total. The lowest BCUT2D eigenvalue weighted by atomic mass is 10.1. The molecule has 122 valence electrons. The maximum atomic E-state index is 12.2. The predicted octanol–water partition coefficient (Wildman–Crippen LogP) is 4.07. The van der Waals surface area contributed by atoms with E-state index in [-0.39, 0.29) is 0 Å². The van der Waals surface area contributed by atoms with Gasteiger partial charge in [-0.2, -0.15) is 0 Å². The number of anilines is 1. The molecule has 0 fully saturated rings. The Bertz CT molecular complexity index is 866. The summed E-state index contributed by atoms with van der Waals surface area (Å²) < 4.78 is 5.14. The summed E-state index contributed by atoms with van der Waals surface area (Å²) in [5.41, 5.74) is 2.88. The number of esters is 1. The number of nitrogens with one attached hydrogen (secondary N) is 1. The smallest absolute Gasteiger partial charge is 0.341 e. The minimum absolute atomic E-state index is 0.312. The molecule has 0 radical (unpaired) electrons. The van der Waals surface area contributed by atoms with Crippen LogP contribution in [0.3, 0.4) is 0 Å². The molecule has 0 aliphatic heterocycles. The largest absolute Gasteiger partial charge is 0.462 e. The Morgan fingerprint density at radius 3 is 2.75 bits per heavy atom. The van der Waals surface area contributed by atoms with E-state index in [9.17, 15) is 4.79 Å². The number of para-hydroxylation sites is 1. The van der Waals surface area contributed by atoms with Gasteiger partial charge in [-0.3, -0.25) is 4.98 Å². The molecule has 3 aromatic rings. The van der Waals surface area contributed by atoms with Crippen LogP contribution in [0.5, 0.6) is 0 Å². The highest BCUT2D eigenvalue weighted by Gasteiger charge is 2.16. The molecule has 2 heterocycles. The third kappa shape index (κ3) is 3.46. The van der Waals surface area contributed by atoms with Crippen LogP contribution < -0.4 is 5.32 Å². The maximum Gasteiger partial charge on any atom is 0.341 e. The molecule has 3 rings (SSSR count). The zero-order valence-electron chi connectivity index (χ0n) is 13.1. The monoisotopic (exact) mass is 341 g/mol. The van der Waals surface area contributed by atoms with Crippen LogP contribution in [0, 0.1) is 0 Å². The van der Waals surface area contributed by atoms with Crippen LogP contribution in [0.25, 0.3) is 10.9 Å². The summed E-state index contributed by atoms with van der Waals surface area (Å²) in [5, 5.41) is 4.62. The summed E-state index contributed by atoms with van der Waals surface area (Å²) in [4.78, 5) is 20.6. The normalized spacial score (nSPS) is 10.6. The number of hydrogen-bond acceptors (Lipinski definition) is 5. The first kappa shape index (κ1) is 16.2. The van der Waals surface area contributed by atoms with E-state index in [4.69, 9.17) is 16.3 Å². The number of fused-ring (bicyclic) bond motifs is 1. The van der Waals surface area contributed by atoms with Crippen molar-refractivity contribution in [3.05, 3.63) is 65.1 Å². The van der Waals surface area contributed by atoms with E-state index in [0.29, 0.717) is 29.6 Å². The fraction of sp³-hybridized carbons (Fsp3) is 0.167. The Morgan fingerprint density at radius 2 is 2.00 bits per heavy atom. The number of ether oxygens (including phenoxy) is 1. The topological polar surface area (TPSA) is 64.1 Å². The van der Waals surface area contributed by atoms with E-state index >= 15 is 0 Å². The molecule has 0 aliphatic carbocycles. The van der Waals surface area contributed by atoms with Crippen LogP contribution in [-0.2, 0) is 11.3 Å². The van der Waals surface area contributed by atoms with Gasteiger partial charge in [0.25, 0.3) is 0 Å². The maximum absolute atomic E-state index is 12.2. The van der Waals surface area contributed by atoms with Crippen LogP contribution >= 0.6 is 11.6 Å². The zero-order valence-corrected chi connectivity index (χ0v) is 13.9. The van der Waals surface area contributed by atoms with Crippen LogP contribution in [0.15, 0.2) is 48.8 Å². The second kappa shape index (κ2) is 7.27. The first-order chi connectivity index (χ1) is 11.7. The molecule has 0 saturated heterocycles. The van der Waals surface area contributed by atoms with Gasteiger partial charge >= 0.3 is 5.97 Å². The van der Waals surface area contributed by atoms with Crippen molar-refractivity contribution in [1.29, 1.82) is 0 Å². The first-order valence-electron chi connectivity index (χ1n) is 7.58. The number of hydrogen-bond donors (Lipinski definition) is 1. The Balaban J connectivity index is 1.97. The summed E-state index contributed by atoms with van der Waals surface area (Å²) in [6.45, 7) is 2.59. The second-order valence-corrected chi connectivity index (χ2v) is 5.51. The van der Waals surface area contributed by atoms with Crippen molar-refractivity contribution in [2.24, 2.45) is 0 Å². The summed E-state index contributed by atoms with van der Waals surface area (Å²) in [6.07, 6.45) is 3.24. The molecule has 0 amide bonds. The average molecular weight is 342 g/mol. The fourth-order valence-corrected chi connectivity index (χ4v) is 2.51. The number of carbonyl (C=O) groups is 1. The van der Waals surface area contributed by atoms with Gasteiger partial charge in [0.1, 0.15) is 10.7 Å². The molecular weight excluding hydrogens is 326 g/mol. The van der Waals surface area contributed by atoms with Crippen molar-refractivity contribution in [2.75, 3.05) is 11.9 Å². The summed E-state index contributed by atoms with van der Waals surface area (Å²) in [6, 6.07) is 11.3. The molecular formula is C18H16ClN3O2. The predicted molar refractivity (Wildman–Crippen MR) is 94.3 cm³/mol. The van der Waals surface area contributed by atoms with Gasteiger partial charge in [0, 0.05) is 24.3 Å². The molecule has 0 saturated carbocycles. The zero-order chi connectivity index (χ0) is 16.9. The van der Waals surface area contributed by atoms with Gasteiger partial charge in [0.15, 0.2) is 0 Å². The summed E-state index contributed by atoms with van der Waals surface area (Å²) in [5.74, 6) is -0.396. The van der Waals surface area contributed by atoms with Gasteiger partial charge in [-0.05, 0) is 24.6 Å². The number of rotatable bonds is 5. The van der Waals surface area contributed by atoms with Crippen molar-refractivity contribution in [1.82, 2.24) is 9.97 Å². The van der Waals surface area contributed by atoms with Gasteiger partial charge in [0.2, 0.25) is 0 Å². The van der Waals surface area contributed by atoms with E-state index in [2.05, 4.69) is 15.3 Å². The molecule has 0 aliphatic rings. The van der Waals surface area contributed by atoms with Crippen molar-refractivity contribution in [3.63, 3.8) is 0 Å². The van der Waals surface area contributed by atoms with Crippen LogP contribution in [0.2, 0.25) is 5.15 Å². The Labute approximate surface area is 144 Å². The first-order valence-corrected chi connectivity index (χ1v) is 7.96. The third-order valence-electron chi connectivity index (χ3n) is 3.53. The lowest BCUT2D eigenvalue weighted by molar-refractivity contribution is 0.0527. The molecule has 0 unspecified atom stereocenters. The van der Waals surface area contributed by atoms with E-state index in [1.807, 2.05) is 30.3 Å². The highest BCUT2D eigenvalue weighted by Crippen LogP contribution is 2.27. The average Bonchev–Trinajstić information content (AvgIpc) is 2.61. The summed E-state index contributed by atoms with van der Waals surface area (Å²) in [7, 11) is 0. The number of aromatic nitrogens is 2. The van der Waals surface area contributed by atoms with Crippen molar-refractivity contribution in [2.45, 2.75) is 13.5 Å². The van der Waals surface area contributed by atoms with Gasteiger partial charge in [-0.1, -0.05) is 35.9 Å². The molecule has 6 heteroatoms. The van der Waals surface area contributed by atoms with E-state index in [1.54, 1.807) is 25.4 Å².